The number of aliphatic imine (C=N–C) groups is 1. The number of guanidine groups is 1. The van der Waals surface area contributed by atoms with Gasteiger partial charge in [0.05, 0.1) is 18.0 Å². The quantitative estimate of drug-likeness (QED) is 0.382. The molecule has 0 aliphatic heterocycles. The summed E-state index contributed by atoms with van der Waals surface area (Å²) in [4.78, 5) is 4.93. The molecule has 0 saturated carbocycles. The van der Waals surface area contributed by atoms with Crippen LogP contribution in [0.1, 0.15) is 25.0 Å². The van der Waals surface area contributed by atoms with E-state index in [4.69, 9.17) is 4.74 Å². The van der Waals surface area contributed by atoms with Crippen molar-refractivity contribution in [2.24, 2.45) is 4.99 Å². The molecule has 0 atom stereocenters. The molecule has 7 heteroatoms. The van der Waals surface area contributed by atoms with Gasteiger partial charge in [-0.1, -0.05) is 31.2 Å². The highest BCUT2D eigenvalue weighted by Gasteiger charge is 2.06. The molecule has 0 aliphatic carbocycles. The predicted octanol–water partition coefficient (Wildman–Crippen LogP) is 2.79. The van der Waals surface area contributed by atoms with Crippen LogP contribution in [0, 0.1) is 0 Å². The molecule has 0 spiro atoms. The zero-order valence-corrected chi connectivity index (χ0v) is 17.6. The minimum absolute atomic E-state index is 0.284. The van der Waals surface area contributed by atoms with Crippen molar-refractivity contribution in [1.29, 1.82) is 0 Å². The van der Waals surface area contributed by atoms with Gasteiger partial charge < -0.3 is 15.4 Å². The number of ether oxygens (including phenoxy) is 1. The van der Waals surface area contributed by atoms with Crippen LogP contribution in [0.5, 0.6) is 5.75 Å². The lowest BCUT2D eigenvalue weighted by Crippen LogP contribution is -2.39. The zero-order chi connectivity index (χ0) is 20.4. The van der Waals surface area contributed by atoms with Crippen LogP contribution in [0.3, 0.4) is 0 Å². The van der Waals surface area contributed by atoms with Crippen LogP contribution in [-0.2, 0) is 22.8 Å². The van der Waals surface area contributed by atoms with Crippen LogP contribution in [-0.4, -0.2) is 40.3 Å². The Bertz CT molecular complexity index is 878. The van der Waals surface area contributed by atoms with Crippen LogP contribution >= 0.6 is 0 Å². The van der Waals surface area contributed by atoms with E-state index in [-0.39, 0.29) is 4.90 Å². The molecule has 2 N–H and O–H groups in total. The normalized spacial score (nSPS) is 11.9. The molecule has 6 nitrogen and oxygen atoms in total. The van der Waals surface area contributed by atoms with Crippen molar-refractivity contribution in [1.82, 2.24) is 10.6 Å². The second-order valence-electron chi connectivity index (χ2n) is 6.34. The Morgan fingerprint density at radius 1 is 1.00 bits per heavy atom. The molecule has 0 aromatic heterocycles. The van der Waals surface area contributed by atoms with Crippen molar-refractivity contribution in [3.8, 4) is 5.75 Å². The molecule has 0 fully saturated rings. The fraction of sp³-hybridized carbons (Fsp3) is 0.381. The molecule has 0 unspecified atom stereocenters. The standard InChI is InChI=1S/C21H29N3O3S/c1-4-17-8-6-7-9-18(17)16-24-21(22-5-2)23-14-15-27-19-10-12-20(13-11-19)28(3,25)26/h6-13H,4-5,14-16H2,1-3H3,(H2,22,23,24). The second kappa shape index (κ2) is 10.7. The Kier molecular flexibility index (Phi) is 8.32. The molecule has 28 heavy (non-hydrogen) atoms. The largest absolute Gasteiger partial charge is 0.492 e. The number of benzene rings is 2. The molecule has 2 aromatic rings. The number of hydrogen-bond acceptors (Lipinski definition) is 4. The molecular formula is C21H29N3O3S. The maximum absolute atomic E-state index is 11.5. The molecule has 0 saturated heterocycles. The van der Waals surface area contributed by atoms with Gasteiger partial charge in [-0.3, -0.25) is 0 Å². The number of hydrogen-bond donors (Lipinski definition) is 2. The third-order valence-electron chi connectivity index (χ3n) is 4.17. The minimum atomic E-state index is -3.19. The van der Waals surface area contributed by atoms with E-state index < -0.39 is 9.84 Å². The Morgan fingerprint density at radius 3 is 2.29 bits per heavy atom. The molecule has 0 bridgehead atoms. The zero-order valence-electron chi connectivity index (χ0n) is 16.7. The fourth-order valence-electron chi connectivity index (χ4n) is 2.68. The highest BCUT2D eigenvalue weighted by molar-refractivity contribution is 7.90. The predicted molar refractivity (Wildman–Crippen MR) is 114 cm³/mol. The van der Waals surface area contributed by atoms with Crippen molar-refractivity contribution in [2.75, 3.05) is 26.0 Å². The number of sulfone groups is 1. The van der Waals surface area contributed by atoms with E-state index in [0.717, 1.165) is 18.9 Å². The first-order valence-electron chi connectivity index (χ1n) is 9.46. The van der Waals surface area contributed by atoms with E-state index in [2.05, 4.69) is 40.7 Å². The number of nitrogens with zero attached hydrogens (tertiary/aromatic N) is 1. The lowest BCUT2D eigenvalue weighted by molar-refractivity contribution is 0.321. The Balaban J connectivity index is 1.86. The van der Waals surface area contributed by atoms with Gasteiger partial charge in [0, 0.05) is 12.8 Å². The van der Waals surface area contributed by atoms with E-state index in [0.29, 0.717) is 25.4 Å². The first kappa shape index (κ1) is 21.8. The molecule has 0 aliphatic rings. The lowest BCUT2D eigenvalue weighted by atomic mass is 10.1. The third kappa shape index (κ3) is 6.88. The van der Waals surface area contributed by atoms with Gasteiger partial charge in [0.1, 0.15) is 12.4 Å². The average Bonchev–Trinajstić information content (AvgIpc) is 2.69. The smallest absolute Gasteiger partial charge is 0.191 e. The minimum Gasteiger partial charge on any atom is -0.492 e. The summed E-state index contributed by atoms with van der Waals surface area (Å²) in [6.07, 6.45) is 2.18. The van der Waals surface area contributed by atoms with Crippen LogP contribution in [0.25, 0.3) is 0 Å². The SMILES string of the molecule is CCNC(=NCc1ccccc1CC)NCCOc1ccc(S(C)(=O)=O)cc1. The number of aryl methyl sites for hydroxylation is 1. The van der Waals surface area contributed by atoms with Crippen molar-refractivity contribution >= 4 is 15.8 Å². The van der Waals surface area contributed by atoms with E-state index in [1.807, 2.05) is 13.0 Å². The summed E-state index contributed by atoms with van der Waals surface area (Å²) in [5.41, 5.74) is 2.53. The summed E-state index contributed by atoms with van der Waals surface area (Å²) < 4.78 is 28.6. The molecule has 2 aromatic carbocycles. The highest BCUT2D eigenvalue weighted by atomic mass is 32.2. The Labute approximate surface area is 168 Å². The van der Waals surface area contributed by atoms with Gasteiger partial charge in [0.15, 0.2) is 15.8 Å². The summed E-state index contributed by atoms with van der Waals surface area (Å²) in [5, 5.41) is 6.48. The second-order valence-corrected chi connectivity index (χ2v) is 8.35. The first-order chi connectivity index (χ1) is 13.4. The summed E-state index contributed by atoms with van der Waals surface area (Å²) in [6.45, 7) is 6.58. The summed E-state index contributed by atoms with van der Waals surface area (Å²) in [5.74, 6) is 1.37. The topological polar surface area (TPSA) is 79.8 Å². The third-order valence-corrected chi connectivity index (χ3v) is 5.29. The first-order valence-corrected chi connectivity index (χ1v) is 11.3. The number of rotatable bonds is 9. The molecule has 152 valence electrons. The summed E-state index contributed by atoms with van der Waals surface area (Å²) in [6, 6.07) is 14.8. The van der Waals surface area contributed by atoms with E-state index in [1.54, 1.807) is 24.3 Å². The number of nitrogens with one attached hydrogen (secondary N) is 2. The molecular weight excluding hydrogens is 374 g/mol. The van der Waals surface area contributed by atoms with Crippen molar-refractivity contribution in [2.45, 2.75) is 31.7 Å². The van der Waals surface area contributed by atoms with Gasteiger partial charge in [-0.05, 0) is 48.7 Å². The molecule has 0 radical (unpaired) electrons. The van der Waals surface area contributed by atoms with Crippen LogP contribution < -0.4 is 15.4 Å². The summed E-state index contributed by atoms with van der Waals surface area (Å²) in [7, 11) is -3.19. The maximum atomic E-state index is 11.5. The van der Waals surface area contributed by atoms with Crippen LogP contribution in [0.4, 0.5) is 0 Å². The monoisotopic (exact) mass is 403 g/mol. The Hall–Kier alpha value is -2.54. The highest BCUT2D eigenvalue weighted by Crippen LogP contribution is 2.15. The Morgan fingerprint density at radius 2 is 1.68 bits per heavy atom. The molecule has 0 amide bonds. The molecule has 0 heterocycles. The summed E-state index contributed by atoms with van der Waals surface area (Å²) >= 11 is 0. The van der Waals surface area contributed by atoms with Gasteiger partial charge in [-0.25, -0.2) is 13.4 Å². The van der Waals surface area contributed by atoms with Gasteiger partial charge in [0.25, 0.3) is 0 Å². The maximum Gasteiger partial charge on any atom is 0.191 e. The fourth-order valence-corrected chi connectivity index (χ4v) is 3.31. The van der Waals surface area contributed by atoms with E-state index in [1.165, 1.54) is 17.4 Å². The average molecular weight is 404 g/mol. The lowest BCUT2D eigenvalue weighted by Gasteiger charge is -2.13. The van der Waals surface area contributed by atoms with Gasteiger partial charge in [-0.2, -0.15) is 0 Å². The van der Waals surface area contributed by atoms with Gasteiger partial charge in [0.2, 0.25) is 0 Å². The van der Waals surface area contributed by atoms with Gasteiger partial charge >= 0.3 is 0 Å². The van der Waals surface area contributed by atoms with E-state index >= 15 is 0 Å². The van der Waals surface area contributed by atoms with Crippen LogP contribution in [0.15, 0.2) is 58.4 Å². The molecule has 2 rings (SSSR count). The van der Waals surface area contributed by atoms with E-state index in [9.17, 15) is 8.42 Å². The van der Waals surface area contributed by atoms with Crippen molar-refractivity contribution in [3.63, 3.8) is 0 Å². The van der Waals surface area contributed by atoms with Crippen LogP contribution in [0.2, 0.25) is 0 Å². The van der Waals surface area contributed by atoms with Gasteiger partial charge in [-0.15, -0.1) is 0 Å². The van der Waals surface area contributed by atoms with Crippen molar-refractivity contribution in [3.05, 3.63) is 59.7 Å². The van der Waals surface area contributed by atoms with Crippen molar-refractivity contribution < 1.29 is 13.2 Å².